The van der Waals surface area contributed by atoms with Gasteiger partial charge in [0.1, 0.15) is 12.4 Å². The zero-order valence-electron chi connectivity index (χ0n) is 15.9. The maximum absolute atomic E-state index is 12.7. The quantitative estimate of drug-likeness (QED) is 0.617. The van der Waals surface area contributed by atoms with Gasteiger partial charge in [-0.2, -0.15) is 4.31 Å². The van der Waals surface area contributed by atoms with Crippen LogP contribution in [0, 0.1) is 0 Å². The van der Waals surface area contributed by atoms with Gasteiger partial charge < -0.3 is 14.2 Å². The molecule has 29 heavy (non-hydrogen) atoms. The second-order valence-electron chi connectivity index (χ2n) is 6.49. The summed E-state index contributed by atoms with van der Waals surface area (Å²) in [7, 11) is -3.61. The van der Waals surface area contributed by atoms with Gasteiger partial charge in [0.25, 0.3) is 0 Å². The molecular weight excluding hydrogens is 418 g/mol. The van der Waals surface area contributed by atoms with Gasteiger partial charge in [0.2, 0.25) is 10.0 Å². The van der Waals surface area contributed by atoms with Crippen LogP contribution in [0.15, 0.2) is 53.4 Å². The summed E-state index contributed by atoms with van der Waals surface area (Å²) >= 11 is 5.82. The molecule has 2 aromatic rings. The zero-order chi connectivity index (χ0) is 20.9. The molecule has 0 aliphatic carbocycles. The molecule has 1 fully saturated rings. The van der Waals surface area contributed by atoms with Gasteiger partial charge >= 0.3 is 5.97 Å². The molecule has 1 heterocycles. The minimum Gasteiger partial charge on any atom is -0.479 e. The molecule has 1 unspecified atom stereocenters. The lowest BCUT2D eigenvalue weighted by atomic mass is 10.2. The lowest BCUT2D eigenvalue weighted by Crippen LogP contribution is -2.40. The lowest BCUT2D eigenvalue weighted by molar-refractivity contribution is -0.152. The lowest BCUT2D eigenvalue weighted by Gasteiger charge is -2.26. The van der Waals surface area contributed by atoms with Crippen molar-refractivity contribution in [2.24, 2.45) is 0 Å². The van der Waals surface area contributed by atoms with Crippen LogP contribution >= 0.6 is 11.6 Å². The number of hydrogen-bond acceptors (Lipinski definition) is 6. The molecule has 1 saturated heterocycles. The summed E-state index contributed by atoms with van der Waals surface area (Å²) in [6, 6.07) is 13.0. The summed E-state index contributed by atoms with van der Waals surface area (Å²) in [5.74, 6) is -0.0566. The number of hydrogen-bond donors (Lipinski definition) is 0. The number of morpholine rings is 1. The number of rotatable bonds is 7. The van der Waals surface area contributed by atoms with Crippen molar-refractivity contribution < 1.29 is 27.4 Å². The van der Waals surface area contributed by atoms with E-state index in [0.29, 0.717) is 42.6 Å². The first-order valence-corrected chi connectivity index (χ1v) is 10.9. The first kappa shape index (κ1) is 21.6. The summed E-state index contributed by atoms with van der Waals surface area (Å²) in [4.78, 5) is 12.4. The van der Waals surface area contributed by atoms with Crippen molar-refractivity contribution in [2.75, 3.05) is 26.3 Å². The molecule has 0 amide bonds. The SMILES string of the molecule is CC(Oc1ccc(Cl)cc1)C(=O)OCc1cccc(S(=O)(=O)N2CCOCC2)c1. The third kappa shape index (κ3) is 5.70. The highest BCUT2D eigenvalue weighted by atomic mass is 35.5. The van der Waals surface area contributed by atoms with Crippen molar-refractivity contribution in [3.8, 4) is 5.75 Å². The molecular formula is C20H22ClNO6S. The van der Waals surface area contributed by atoms with Crippen molar-refractivity contribution in [1.29, 1.82) is 0 Å². The molecule has 156 valence electrons. The van der Waals surface area contributed by atoms with Crippen LogP contribution in [0.1, 0.15) is 12.5 Å². The molecule has 1 aliphatic heterocycles. The largest absolute Gasteiger partial charge is 0.479 e. The molecule has 0 radical (unpaired) electrons. The maximum atomic E-state index is 12.7. The van der Waals surface area contributed by atoms with E-state index in [-0.39, 0.29) is 11.5 Å². The Balaban J connectivity index is 1.59. The first-order chi connectivity index (χ1) is 13.9. The van der Waals surface area contributed by atoms with Crippen LogP contribution < -0.4 is 4.74 Å². The highest BCUT2D eigenvalue weighted by Gasteiger charge is 2.26. The van der Waals surface area contributed by atoms with Crippen molar-refractivity contribution in [2.45, 2.75) is 24.5 Å². The Labute approximate surface area is 175 Å². The Kier molecular flexibility index (Phi) is 7.13. The van der Waals surface area contributed by atoms with E-state index in [2.05, 4.69) is 0 Å². The summed E-state index contributed by atoms with van der Waals surface area (Å²) < 4.78 is 42.9. The Morgan fingerprint density at radius 1 is 1.17 bits per heavy atom. The topological polar surface area (TPSA) is 82.1 Å². The highest BCUT2D eigenvalue weighted by molar-refractivity contribution is 7.89. The van der Waals surface area contributed by atoms with E-state index in [4.69, 9.17) is 25.8 Å². The standard InChI is InChI=1S/C20H22ClNO6S/c1-15(28-18-7-5-17(21)6-8-18)20(23)27-14-16-3-2-4-19(13-16)29(24,25)22-9-11-26-12-10-22/h2-8,13,15H,9-12,14H2,1H3. The fourth-order valence-corrected chi connectivity index (χ4v) is 4.37. The smallest absolute Gasteiger partial charge is 0.347 e. The van der Waals surface area contributed by atoms with E-state index >= 15 is 0 Å². The predicted molar refractivity (Wildman–Crippen MR) is 107 cm³/mol. The minimum atomic E-state index is -3.61. The van der Waals surface area contributed by atoms with Crippen LogP contribution in [0.2, 0.25) is 5.02 Å². The molecule has 7 nitrogen and oxygen atoms in total. The fourth-order valence-electron chi connectivity index (χ4n) is 2.77. The molecule has 2 aromatic carbocycles. The van der Waals surface area contributed by atoms with Crippen molar-refractivity contribution >= 4 is 27.6 Å². The highest BCUT2D eigenvalue weighted by Crippen LogP contribution is 2.20. The maximum Gasteiger partial charge on any atom is 0.347 e. The van der Waals surface area contributed by atoms with E-state index in [1.807, 2.05) is 0 Å². The molecule has 0 aromatic heterocycles. The Morgan fingerprint density at radius 3 is 2.55 bits per heavy atom. The molecule has 1 atom stereocenters. The first-order valence-electron chi connectivity index (χ1n) is 9.12. The monoisotopic (exact) mass is 439 g/mol. The molecule has 0 spiro atoms. The van der Waals surface area contributed by atoms with Gasteiger partial charge in [-0.3, -0.25) is 0 Å². The number of sulfonamides is 1. The van der Waals surface area contributed by atoms with Gasteiger partial charge in [-0.05, 0) is 48.9 Å². The van der Waals surface area contributed by atoms with E-state index in [0.717, 1.165) is 0 Å². The van der Waals surface area contributed by atoms with E-state index in [1.54, 1.807) is 43.3 Å². The summed E-state index contributed by atoms with van der Waals surface area (Å²) in [6.07, 6.45) is -0.823. The number of nitrogens with zero attached hydrogens (tertiary/aromatic N) is 1. The molecule has 0 bridgehead atoms. The summed E-state index contributed by atoms with van der Waals surface area (Å²) in [5.41, 5.74) is 0.575. The van der Waals surface area contributed by atoms with Crippen LogP contribution in [-0.2, 0) is 30.9 Å². The molecule has 0 saturated carbocycles. The normalized spacial score (nSPS) is 16.2. The van der Waals surface area contributed by atoms with Gasteiger partial charge in [-0.15, -0.1) is 0 Å². The molecule has 9 heteroatoms. The van der Waals surface area contributed by atoms with Gasteiger partial charge in [0, 0.05) is 18.1 Å². The van der Waals surface area contributed by atoms with Crippen LogP contribution in [-0.4, -0.2) is 51.1 Å². The van der Waals surface area contributed by atoms with Gasteiger partial charge in [-0.1, -0.05) is 23.7 Å². The third-order valence-electron chi connectivity index (χ3n) is 4.35. The third-order valence-corrected chi connectivity index (χ3v) is 6.49. The van der Waals surface area contributed by atoms with Crippen molar-refractivity contribution in [3.05, 3.63) is 59.1 Å². The van der Waals surface area contributed by atoms with Crippen LogP contribution in [0.3, 0.4) is 0 Å². The number of carbonyl (C=O) groups is 1. The van der Waals surface area contributed by atoms with Gasteiger partial charge in [0.15, 0.2) is 6.10 Å². The van der Waals surface area contributed by atoms with E-state index in [9.17, 15) is 13.2 Å². The number of carbonyl (C=O) groups excluding carboxylic acids is 1. The predicted octanol–water partition coefficient (Wildman–Crippen LogP) is 2.87. The van der Waals surface area contributed by atoms with Crippen molar-refractivity contribution in [3.63, 3.8) is 0 Å². The number of ether oxygens (including phenoxy) is 3. The Hall–Kier alpha value is -2.13. The number of esters is 1. The van der Waals surface area contributed by atoms with Crippen LogP contribution in [0.4, 0.5) is 0 Å². The average molecular weight is 440 g/mol. The Morgan fingerprint density at radius 2 is 1.86 bits per heavy atom. The second kappa shape index (κ2) is 9.58. The van der Waals surface area contributed by atoms with Crippen molar-refractivity contribution in [1.82, 2.24) is 4.31 Å². The Bertz CT molecular complexity index is 942. The second-order valence-corrected chi connectivity index (χ2v) is 8.86. The summed E-state index contributed by atoms with van der Waals surface area (Å²) in [6.45, 7) is 2.92. The number of benzene rings is 2. The fraction of sp³-hybridized carbons (Fsp3) is 0.350. The molecule has 1 aliphatic rings. The minimum absolute atomic E-state index is 0.0559. The van der Waals surface area contributed by atoms with Gasteiger partial charge in [-0.25, -0.2) is 13.2 Å². The zero-order valence-corrected chi connectivity index (χ0v) is 17.5. The molecule has 3 rings (SSSR count). The summed E-state index contributed by atoms with van der Waals surface area (Å²) in [5, 5.41) is 0.569. The van der Waals surface area contributed by atoms with E-state index in [1.165, 1.54) is 16.4 Å². The number of halogens is 1. The van der Waals surface area contributed by atoms with Crippen LogP contribution in [0.5, 0.6) is 5.75 Å². The van der Waals surface area contributed by atoms with Crippen LogP contribution in [0.25, 0.3) is 0 Å². The molecule has 0 N–H and O–H groups in total. The van der Waals surface area contributed by atoms with E-state index < -0.39 is 22.1 Å². The average Bonchev–Trinajstić information content (AvgIpc) is 2.74. The van der Waals surface area contributed by atoms with Gasteiger partial charge in [0.05, 0.1) is 18.1 Å².